The van der Waals surface area contributed by atoms with E-state index in [9.17, 15) is 22.2 Å². The van der Waals surface area contributed by atoms with E-state index in [-0.39, 0.29) is 22.3 Å². The summed E-state index contributed by atoms with van der Waals surface area (Å²) in [4.78, 5) is 14.9. The van der Waals surface area contributed by atoms with Gasteiger partial charge in [-0.15, -0.1) is 0 Å². The van der Waals surface area contributed by atoms with E-state index in [0.29, 0.717) is 24.1 Å². The van der Waals surface area contributed by atoms with E-state index >= 15 is 0 Å². The molecule has 1 saturated heterocycles. The summed E-state index contributed by atoms with van der Waals surface area (Å²) in [6.07, 6.45) is -1.01. The van der Waals surface area contributed by atoms with Crippen LogP contribution in [-0.2, 0) is 20.5 Å². The first-order chi connectivity index (χ1) is 17.8. The molecule has 198 valence electrons. The Bertz CT molecular complexity index is 1330. The smallest absolute Gasteiger partial charge is 0.263 e. The van der Waals surface area contributed by atoms with Gasteiger partial charge in [-0.2, -0.15) is 9.49 Å². The minimum atomic E-state index is -2.89. The lowest BCUT2D eigenvalue weighted by Gasteiger charge is -2.39. The van der Waals surface area contributed by atoms with Crippen molar-refractivity contribution >= 4 is 39.2 Å². The van der Waals surface area contributed by atoms with Gasteiger partial charge in [-0.1, -0.05) is 0 Å². The summed E-state index contributed by atoms with van der Waals surface area (Å²) in [5, 5.41) is 8.41. The number of nitrogens with zero attached hydrogens (tertiary/aromatic N) is 3. The number of rotatable bonds is 7. The van der Waals surface area contributed by atoms with Gasteiger partial charge in [-0.25, -0.2) is 17.3 Å². The Hall–Kier alpha value is -3.16. The van der Waals surface area contributed by atoms with Crippen LogP contribution < -0.4 is 15.0 Å². The van der Waals surface area contributed by atoms with Crippen LogP contribution in [0.15, 0.2) is 35.2 Å². The highest BCUT2D eigenvalue weighted by Gasteiger charge is 2.27. The molecule has 1 unspecified atom stereocenters. The van der Waals surface area contributed by atoms with Gasteiger partial charge in [-0.05, 0) is 37.1 Å². The van der Waals surface area contributed by atoms with Gasteiger partial charge in [0, 0.05) is 43.6 Å². The minimum absolute atomic E-state index is 0.0339. The van der Waals surface area contributed by atoms with Crippen molar-refractivity contribution in [2.75, 3.05) is 50.2 Å². The summed E-state index contributed by atoms with van der Waals surface area (Å²) >= 11 is 0. The Balaban J connectivity index is 1.28. The zero-order valence-corrected chi connectivity index (χ0v) is 20.8. The van der Waals surface area contributed by atoms with Crippen LogP contribution in [0.3, 0.4) is 0 Å². The van der Waals surface area contributed by atoms with Gasteiger partial charge in [0.15, 0.2) is 0 Å². The Morgan fingerprint density at radius 1 is 1.27 bits per heavy atom. The molecule has 2 aromatic carbocycles. The molecule has 13 heteroatoms. The van der Waals surface area contributed by atoms with E-state index in [1.165, 1.54) is 11.4 Å². The van der Waals surface area contributed by atoms with Gasteiger partial charge in [0.25, 0.3) is 6.43 Å². The fourth-order valence-electron chi connectivity index (χ4n) is 4.66. The molecule has 1 amide bonds. The molecule has 5 rings (SSSR count). The van der Waals surface area contributed by atoms with Crippen LogP contribution in [0.25, 0.3) is 10.9 Å². The van der Waals surface area contributed by atoms with Crippen LogP contribution in [0.1, 0.15) is 24.8 Å². The molecule has 0 spiro atoms. The van der Waals surface area contributed by atoms with Gasteiger partial charge in [0.1, 0.15) is 28.9 Å². The Morgan fingerprint density at radius 3 is 2.81 bits per heavy atom. The Morgan fingerprint density at radius 2 is 2.05 bits per heavy atom. The number of aromatic amines is 1. The maximum absolute atomic E-state index is 14.0. The zero-order chi connectivity index (χ0) is 26.1. The molecule has 0 bridgehead atoms. The molecule has 2 aliphatic heterocycles. The number of benzene rings is 2. The topological polar surface area (TPSA) is 99.8 Å². The van der Waals surface area contributed by atoms with Gasteiger partial charge in [-0.3, -0.25) is 9.89 Å². The Labute approximate surface area is 213 Å². The predicted octanol–water partition coefficient (Wildman–Crippen LogP) is 3.61. The average Bonchev–Trinajstić information content (AvgIpc) is 3.28. The lowest BCUT2D eigenvalue weighted by Crippen LogP contribution is -2.44. The molecule has 2 aliphatic rings. The summed E-state index contributed by atoms with van der Waals surface area (Å²) in [5.74, 6) is -0.706. The van der Waals surface area contributed by atoms with Gasteiger partial charge < -0.3 is 19.7 Å². The fourth-order valence-corrected chi connectivity index (χ4v) is 5.79. The van der Waals surface area contributed by atoms with Crippen LogP contribution in [0, 0.1) is 5.95 Å². The van der Waals surface area contributed by atoms with Crippen molar-refractivity contribution in [1.82, 2.24) is 14.5 Å². The van der Waals surface area contributed by atoms with Crippen molar-refractivity contribution in [2.45, 2.75) is 30.2 Å². The number of fused-ring (bicyclic) bond motifs is 2. The third-order valence-corrected chi connectivity index (χ3v) is 7.85. The van der Waals surface area contributed by atoms with E-state index in [2.05, 4.69) is 20.4 Å². The molecule has 37 heavy (non-hydrogen) atoms. The van der Waals surface area contributed by atoms with Crippen LogP contribution in [0.4, 0.5) is 24.5 Å². The first-order valence-electron chi connectivity index (χ1n) is 11.8. The summed E-state index contributed by atoms with van der Waals surface area (Å²) in [7, 11) is -0.652. The second-order valence-corrected chi connectivity index (χ2v) is 10.5. The van der Waals surface area contributed by atoms with Gasteiger partial charge >= 0.3 is 0 Å². The number of hydrogen-bond donors (Lipinski definition) is 2. The highest BCUT2D eigenvalue weighted by atomic mass is 32.2. The van der Waals surface area contributed by atoms with E-state index in [4.69, 9.17) is 9.47 Å². The summed E-state index contributed by atoms with van der Waals surface area (Å²) < 4.78 is 66.2. The second-order valence-electron chi connectivity index (χ2n) is 8.90. The molecular formula is C24H26F3N5O4S. The highest BCUT2D eigenvalue weighted by Crippen LogP contribution is 2.37. The van der Waals surface area contributed by atoms with Crippen LogP contribution in [0.5, 0.6) is 5.75 Å². The number of amides is 1. The molecule has 9 nitrogen and oxygen atoms in total. The number of likely N-dealkylation sites (N-methyl/N-ethyl adjacent to an activating group) is 1. The third-order valence-electron chi connectivity index (χ3n) is 6.46. The van der Waals surface area contributed by atoms with Gasteiger partial charge in [0.2, 0.25) is 11.9 Å². The average molecular weight is 538 g/mol. The number of carbonyl (C=O) groups excluding carboxylic acids is 1. The lowest BCUT2D eigenvalue weighted by atomic mass is 10.0. The predicted molar refractivity (Wildman–Crippen MR) is 132 cm³/mol. The van der Waals surface area contributed by atoms with Crippen LogP contribution in [0.2, 0.25) is 0 Å². The Kier molecular flexibility index (Phi) is 7.36. The van der Waals surface area contributed by atoms with Crippen molar-refractivity contribution < 1.29 is 31.6 Å². The minimum Gasteiger partial charge on any atom is -0.489 e. The van der Waals surface area contributed by atoms with E-state index < -0.39 is 34.8 Å². The SMILES string of the molecule is CN(CC(=O)Nc1ccc2c(c1)OCCN2C1CCOCC1)S(=O)c1cc(C(F)F)cc2c(F)[nH]nc12. The van der Waals surface area contributed by atoms with E-state index in [0.717, 1.165) is 50.4 Å². The summed E-state index contributed by atoms with van der Waals surface area (Å²) in [5.41, 5.74) is 0.947. The zero-order valence-electron chi connectivity index (χ0n) is 20.0. The summed E-state index contributed by atoms with van der Waals surface area (Å²) in [6, 6.07) is 7.78. The number of alkyl halides is 2. The molecule has 0 saturated carbocycles. The normalized spacial score (nSPS) is 17.2. The molecule has 3 aromatic rings. The van der Waals surface area contributed by atoms with E-state index in [1.54, 1.807) is 12.1 Å². The molecular weight excluding hydrogens is 511 g/mol. The first-order valence-corrected chi connectivity index (χ1v) is 12.9. The highest BCUT2D eigenvalue weighted by molar-refractivity contribution is 7.83. The van der Waals surface area contributed by atoms with Crippen LogP contribution in [-0.4, -0.2) is 70.6 Å². The number of nitrogens with one attached hydrogen (secondary N) is 2. The molecule has 0 aliphatic carbocycles. The number of H-pyrrole nitrogens is 1. The number of hydrogen-bond acceptors (Lipinski definition) is 6. The van der Waals surface area contributed by atoms with Crippen molar-refractivity contribution in [1.29, 1.82) is 0 Å². The van der Waals surface area contributed by atoms with Crippen molar-refractivity contribution in [3.8, 4) is 5.75 Å². The standard InChI is InChI=1S/C24H26F3N5O4S/c1-31(37(34)20-11-14(23(25)26)10-17-22(20)29-30-24(17)27)13-21(33)28-15-2-3-18-19(12-15)36-9-6-32(18)16-4-7-35-8-5-16/h2-3,10-12,16,23H,4-9,13H2,1H3,(H,28,33)(H,29,30). The lowest BCUT2D eigenvalue weighted by molar-refractivity contribution is -0.116. The molecule has 3 heterocycles. The van der Waals surface area contributed by atoms with Crippen molar-refractivity contribution in [3.05, 3.63) is 41.8 Å². The number of ether oxygens (including phenoxy) is 2. The quantitative estimate of drug-likeness (QED) is 0.478. The molecule has 1 aromatic heterocycles. The maximum Gasteiger partial charge on any atom is 0.263 e. The number of halogens is 3. The van der Waals surface area contributed by atoms with E-state index in [1.807, 2.05) is 6.07 Å². The third kappa shape index (κ3) is 5.29. The first kappa shape index (κ1) is 25.5. The molecule has 0 radical (unpaired) electrons. The fraction of sp³-hybridized carbons (Fsp3) is 0.417. The number of anilines is 2. The van der Waals surface area contributed by atoms with Crippen molar-refractivity contribution in [3.63, 3.8) is 0 Å². The molecule has 2 N–H and O–H groups in total. The maximum atomic E-state index is 14.0. The number of aromatic nitrogens is 2. The molecule has 1 fully saturated rings. The summed E-state index contributed by atoms with van der Waals surface area (Å²) in [6.45, 7) is 2.45. The van der Waals surface area contributed by atoms with Crippen LogP contribution >= 0.6 is 0 Å². The van der Waals surface area contributed by atoms with Gasteiger partial charge in [0.05, 0.1) is 29.1 Å². The second kappa shape index (κ2) is 10.7. The number of carbonyl (C=O) groups is 1. The largest absolute Gasteiger partial charge is 0.489 e. The van der Waals surface area contributed by atoms with Crippen molar-refractivity contribution in [2.24, 2.45) is 0 Å². The monoisotopic (exact) mass is 537 g/mol. The molecule has 1 atom stereocenters.